The normalized spacial score (nSPS) is 11.2. The Morgan fingerprint density at radius 1 is 1.18 bits per heavy atom. The van der Waals surface area contributed by atoms with Crippen molar-refractivity contribution in [2.24, 2.45) is 24.3 Å². The number of aromatic nitrogens is 2. The van der Waals surface area contributed by atoms with E-state index < -0.39 is 0 Å². The molecule has 0 aliphatic rings. The van der Waals surface area contributed by atoms with Crippen LogP contribution >= 0.6 is 11.6 Å². The largest absolute Gasteiger partial charge is 1.00 e. The van der Waals surface area contributed by atoms with Crippen molar-refractivity contribution in [3.63, 3.8) is 0 Å². The van der Waals surface area contributed by atoms with Gasteiger partial charge in [-0.1, -0.05) is 11.6 Å². The maximum Gasteiger partial charge on any atom is 0.244 e. The molecule has 0 fully saturated rings. The quantitative estimate of drug-likeness (QED) is 0.480. The van der Waals surface area contributed by atoms with Crippen molar-refractivity contribution in [1.29, 1.82) is 0 Å². The first-order valence-corrected chi connectivity index (χ1v) is 9.35. The standard InChI is InChI=1S/C20H25ClN5O.ClH/c1-5-26(10-11-27)15-6-8-17(14(2)12-15)22-23-18-9-7-16(21)19-20(18)25(4)13-24(19)3;/h6-9,12-13,27H,5,10-11H2,1-4H3;1H/q+1;/p-1. The molecular weight excluding hydrogens is 397 g/mol. The Kier molecular flexibility index (Phi) is 7.41. The van der Waals surface area contributed by atoms with Gasteiger partial charge in [-0.3, -0.25) is 0 Å². The van der Waals surface area contributed by atoms with Crippen LogP contribution in [0.1, 0.15) is 12.5 Å². The molecule has 0 unspecified atom stereocenters. The number of hydrogen-bond acceptors (Lipinski definition) is 4. The van der Waals surface area contributed by atoms with Crippen LogP contribution in [-0.2, 0) is 14.1 Å². The van der Waals surface area contributed by atoms with Crippen LogP contribution in [-0.4, -0.2) is 29.4 Å². The molecule has 0 aliphatic carbocycles. The number of aryl methyl sites for hydroxylation is 3. The van der Waals surface area contributed by atoms with Crippen LogP contribution in [0.3, 0.4) is 0 Å². The first-order chi connectivity index (χ1) is 13.0. The molecule has 0 saturated carbocycles. The Morgan fingerprint density at radius 3 is 2.50 bits per heavy atom. The number of imidazole rings is 1. The average Bonchev–Trinajstić information content (AvgIpc) is 2.95. The Balaban J connectivity index is 0.00000280. The summed E-state index contributed by atoms with van der Waals surface area (Å²) in [6.45, 7) is 5.68. The van der Waals surface area contributed by atoms with Gasteiger partial charge in [0, 0.05) is 18.8 Å². The summed E-state index contributed by atoms with van der Waals surface area (Å²) in [6, 6.07) is 9.79. The predicted octanol–water partition coefficient (Wildman–Crippen LogP) is 1.20. The molecule has 0 amide bonds. The summed E-state index contributed by atoms with van der Waals surface area (Å²) in [5.41, 5.74) is 5.59. The van der Waals surface area contributed by atoms with Crippen molar-refractivity contribution in [1.82, 2.24) is 4.57 Å². The first-order valence-electron chi connectivity index (χ1n) is 8.97. The van der Waals surface area contributed by atoms with E-state index in [0.717, 1.165) is 40.2 Å². The molecule has 2 aromatic carbocycles. The molecule has 6 nitrogen and oxygen atoms in total. The Morgan fingerprint density at radius 2 is 1.86 bits per heavy atom. The van der Waals surface area contributed by atoms with E-state index in [9.17, 15) is 5.11 Å². The van der Waals surface area contributed by atoms with Crippen LogP contribution in [0.5, 0.6) is 0 Å². The van der Waals surface area contributed by atoms with Gasteiger partial charge in [-0.05, 0) is 49.7 Å². The van der Waals surface area contributed by atoms with Gasteiger partial charge in [-0.25, -0.2) is 9.13 Å². The highest BCUT2D eigenvalue weighted by atomic mass is 35.5. The van der Waals surface area contributed by atoms with E-state index in [1.165, 1.54) is 0 Å². The highest BCUT2D eigenvalue weighted by Crippen LogP contribution is 2.32. The summed E-state index contributed by atoms with van der Waals surface area (Å²) in [7, 11) is 3.93. The third-order valence-corrected chi connectivity index (χ3v) is 5.00. The minimum absolute atomic E-state index is 0. The SMILES string of the molecule is CCN(CCO)c1ccc(N=Nc2ccc(Cl)c3c2n(C)c[n+]3C)c(C)c1.[Cl-]. The van der Waals surface area contributed by atoms with E-state index in [0.29, 0.717) is 11.6 Å². The van der Waals surface area contributed by atoms with Gasteiger partial charge >= 0.3 is 0 Å². The lowest BCUT2D eigenvalue weighted by Gasteiger charge is -2.22. The number of hydrogen-bond donors (Lipinski definition) is 1. The first kappa shape index (κ1) is 22.1. The fourth-order valence-corrected chi connectivity index (χ4v) is 3.62. The summed E-state index contributed by atoms with van der Waals surface area (Å²) in [5, 5.41) is 18.9. The van der Waals surface area contributed by atoms with Crippen LogP contribution in [0.25, 0.3) is 11.0 Å². The second-order valence-electron chi connectivity index (χ2n) is 6.58. The highest BCUT2D eigenvalue weighted by Gasteiger charge is 2.18. The Labute approximate surface area is 176 Å². The van der Waals surface area contributed by atoms with E-state index in [1.54, 1.807) is 0 Å². The second kappa shape index (κ2) is 9.37. The van der Waals surface area contributed by atoms with Crippen molar-refractivity contribution in [3.8, 4) is 0 Å². The van der Waals surface area contributed by atoms with E-state index in [4.69, 9.17) is 11.6 Å². The minimum Gasteiger partial charge on any atom is -1.00 e. The smallest absolute Gasteiger partial charge is 0.244 e. The average molecular weight is 422 g/mol. The van der Waals surface area contributed by atoms with Crippen molar-refractivity contribution in [2.45, 2.75) is 13.8 Å². The van der Waals surface area contributed by atoms with Crippen LogP contribution in [0.15, 0.2) is 46.9 Å². The summed E-state index contributed by atoms with van der Waals surface area (Å²) >= 11 is 6.35. The highest BCUT2D eigenvalue weighted by molar-refractivity contribution is 6.34. The number of aliphatic hydroxyl groups is 1. The van der Waals surface area contributed by atoms with Crippen LogP contribution in [0.4, 0.5) is 17.1 Å². The number of azo groups is 1. The summed E-state index contributed by atoms with van der Waals surface area (Å²) in [5.74, 6) is 0. The Hall–Kier alpha value is -2.15. The molecule has 0 radical (unpaired) electrons. The maximum atomic E-state index is 9.21. The van der Waals surface area contributed by atoms with Crippen molar-refractivity contribution in [3.05, 3.63) is 47.2 Å². The van der Waals surface area contributed by atoms with Crippen molar-refractivity contribution >= 4 is 39.7 Å². The van der Waals surface area contributed by atoms with Gasteiger partial charge in [0.1, 0.15) is 5.69 Å². The van der Waals surface area contributed by atoms with Gasteiger partial charge < -0.3 is 22.4 Å². The molecule has 0 bridgehead atoms. The lowest BCUT2D eigenvalue weighted by molar-refractivity contribution is -0.645. The van der Waals surface area contributed by atoms with Crippen LogP contribution < -0.4 is 21.9 Å². The van der Waals surface area contributed by atoms with E-state index >= 15 is 0 Å². The summed E-state index contributed by atoms with van der Waals surface area (Å²) in [6.07, 6.45) is 1.97. The molecule has 3 rings (SSSR count). The summed E-state index contributed by atoms with van der Waals surface area (Å²) in [4.78, 5) is 2.13. The van der Waals surface area contributed by atoms with Crippen molar-refractivity contribution < 1.29 is 22.1 Å². The lowest BCUT2D eigenvalue weighted by atomic mass is 10.1. The van der Waals surface area contributed by atoms with Gasteiger partial charge in [-0.2, -0.15) is 5.11 Å². The number of fused-ring (bicyclic) bond motifs is 1. The second-order valence-corrected chi connectivity index (χ2v) is 6.98. The summed E-state index contributed by atoms with van der Waals surface area (Å²) < 4.78 is 3.98. The van der Waals surface area contributed by atoms with E-state index in [1.807, 2.05) is 60.7 Å². The lowest BCUT2D eigenvalue weighted by Crippen LogP contribution is -3.00. The molecule has 8 heteroatoms. The molecule has 150 valence electrons. The molecule has 0 spiro atoms. The number of halogens is 2. The topological polar surface area (TPSA) is 57.0 Å². The number of aliphatic hydroxyl groups excluding tert-OH is 1. The number of nitrogens with zero attached hydrogens (tertiary/aromatic N) is 5. The van der Waals surface area contributed by atoms with Crippen molar-refractivity contribution in [2.75, 3.05) is 24.6 Å². The Bertz CT molecular complexity index is 1000. The molecule has 0 atom stereocenters. The molecule has 1 N–H and O–H groups in total. The zero-order valence-electron chi connectivity index (χ0n) is 16.5. The molecule has 1 aromatic heterocycles. The zero-order valence-corrected chi connectivity index (χ0v) is 18.0. The zero-order chi connectivity index (χ0) is 19.6. The number of likely N-dealkylation sites (N-methyl/N-ethyl adjacent to an activating group) is 1. The fourth-order valence-electron chi connectivity index (χ4n) is 3.33. The monoisotopic (exact) mass is 421 g/mol. The fraction of sp³-hybridized carbons (Fsp3) is 0.350. The molecule has 0 aliphatic heterocycles. The van der Waals surface area contributed by atoms with E-state index in [2.05, 4.69) is 28.1 Å². The number of rotatable bonds is 6. The number of anilines is 1. The van der Waals surface area contributed by atoms with Gasteiger partial charge in [0.25, 0.3) is 0 Å². The molecular formula is C20H25Cl2N5O. The van der Waals surface area contributed by atoms with Crippen LogP contribution in [0, 0.1) is 6.92 Å². The molecule has 28 heavy (non-hydrogen) atoms. The number of benzene rings is 2. The minimum atomic E-state index is 0. The van der Waals surface area contributed by atoms with Gasteiger partial charge in [0.15, 0.2) is 5.52 Å². The molecule has 0 saturated heterocycles. The van der Waals surface area contributed by atoms with Gasteiger partial charge in [-0.15, -0.1) is 5.11 Å². The van der Waals surface area contributed by atoms with Gasteiger partial charge in [0.2, 0.25) is 11.8 Å². The molecule has 3 aromatic rings. The van der Waals surface area contributed by atoms with Gasteiger partial charge in [0.05, 0.1) is 31.4 Å². The third-order valence-electron chi connectivity index (χ3n) is 4.70. The van der Waals surface area contributed by atoms with Crippen LogP contribution in [0.2, 0.25) is 5.02 Å². The maximum absolute atomic E-state index is 9.21. The molecule has 1 heterocycles. The third kappa shape index (κ3) is 4.29. The predicted molar refractivity (Wildman–Crippen MR) is 109 cm³/mol. The van der Waals surface area contributed by atoms with E-state index in [-0.39, 0.29) is 19.0 Å².